The zero-order chi connectivity index (χ0) is 13.0. The Morgan fingerprint density at radius 3 is 3.00 bits per heavy atom. The maximum absolute atomic E-state index is 11.9. The number of nitrogens with zero attached hydrogens (tertiary/aromatic N) is 2. The lowest BCUT2D eigenvalue weighted by Crippen LogP contribution is -2.15. The van der Waals surface area contributed by atoms with E-state index < -0.39 is 0 Å². The fourth-order valence-corrected chi connectivity index (χ4v) is 2.58. The van der Waals surface area contributed by atoms with Gasteiger partial charge in [0.1, 0.15) is 22.4 Å². The molecule has 94 valence electrons. The molecule has 0 bridgehead atoms. The molecular formula is C14H11N3O2. The smallest absolute Gasteiger partial charge is 0.288 e. The monoisotopic (exact) mass is 253 g/mol. The highest BCUT2D eigenvalue weighted by Gasteiger charge is 2.16. The highest BCUT2D eigenvalue weighted by molar-refractivity contribution is 6.05. The van der Waals surface area contributed by atoms with E-state index >= 15 is 0 Å². The predicted molar refractivity (Wildman–Crippen MR) is 72.5 cm³/mol. The van der Waals surface area contributed by atoms with E-state index in [0.29, 0.717) is 5.52 Å². The minimum Gasteiger partial charge on any atom is -0.454 e. The van der Waals surface area contributed by atoms with E-state index in [-0.39, 0.29) is 5.56 Å². The molecule has 3 heterocycles. The van der Waals surface area contributed by atoms with E-state index in [1.54, 1.807) is 6.07 Å². The first-order valence-electron chi connectivity index (χ1n) is 6.20. The van der Waals surface area contributed by atoms with Gasteiger partial charge in [-0.15, -0.1) is 0 Å². The largest absolute Gasteiger partial charge is 0.454 e. The van der Waals surface area contributed by atoms with Gasteiger partial charge in [0.25, 0.3) is 5.56 Å². The van der Waals surface area contributed by atoms with Crippen LogP contribution in [0.15, 0.2) is 39.5 Å². The van der Waals surface area contributed by atoms with Crippen molar-refractivity contribution in [1.82, 2.24) is 14.6 Å². The van der Waals surface area contributed by atoms with Gasteiger partial charge in [-0.3, -0.25) is 9.20 Å². The molecule has 0 unspecified atom stereocenters. The summed E-state index contributed by atoms with van der Waals surface area (Å²) >= 11 is 0. The summed E-state index contributed by atoms with van der Waals surface area (Å²) in [7, 11) is 0. The molecule has 0 aliphatic heterocycles. The van der Waals surface area contributed by atoms with Crippen LogP contribution in [0.5, 0.6) is 0 Å². The number of aromatic amines is 1. The predicted octanol–water partition coefficient (Wildman–Crippen LogP) is 2.48. The quantitative estimate of drug-likeness (QED) is 0.567. The van der Waals surface area contributed by atoms with Crippen LogP contribution in [-0.4, -0.2) is 14.6 Å². The van der Waals surface area contributed by atoms with Crippen LogP contribution in [0, 0.1) is 0 Å². The standard InChI is InChI=1S/C14H11N3O2/c1-2-12-15-16-14(18)9-7-11-13(17(9)12)8-5-3-4-6-10(8)19-11/h3-7H,2H2,1H3,(H,16,18). The van der Waals surface area contributed by atoms with Crippen LogP contribution < -0.4 is 5.56 Å². The Morgan fingerprint density at radius 2 is 2.16 bits per heavy atom. The number of rotatable bonds is 1. The van der Waals surface area contributed by atoms with Gasteiger partial charge in [-0.05, 0) is 12.1 Å². The summed E-state index contributed by atoms with van der Waals surface area (Å²) in [6.45, 7) is 2.01. The van der Waals surface area contributed by atoms with Crippen LogP contribution in [0.2, 0.25) is 0 Å². The summed E-state index contributed by atoms with van der Waals surface area (Å²) in [5.74, 6) is 0.816. The van der Waals surface area contributed by atoms with E-state index in [9.17, 15) is 4.79 Å². The maximum Gasteiger partial charge on any atom is 0.288 e. The van der Waals surface area contributed by atoms with Crippen LogP contribution in [0.4, 0.5) is 0 Å². The van der Waals surface area contributed by atoms with E-state index in [1.807, 2.05) is 35.6 Å². The van der Waals surface area contributed by atoms with Crippen molar-refractivity contribution in [2.75, 3.05) is 0 Å². The molecule has 4 aromatic rings. The van der Waals surface area contributed by atoms with Gasteiger partial charge in [-0.2, -0.15) is 5.10 Å². The van der Waals surface area contributed by atoms with Crippen LogP contribution in [0.1, 0.15) is 12.7 Å². The lowest BCUT2D eigenvalue weighted by molar-refractivity contribution is 0.669. The molecule has 0 aliphatic rings. The molecule has 0 amide bonds. The molecular weight excluding hydrogens is 242 g/mol. The normalized spacial score (nSPS) is 11.8. The Bertz CT molecular complexity index is 975. The van der Waals surface area contributed by atoms with Crippen molar-refractivity contribution < 1.29 is 4.42 Å². The SMILES string of the molecule is CCc1n[nH]c(=O)c2cc3oc4ccccc4c3n12. The van der Waals surface area contributed by atoms with Gasteiger partial charge in [-0.1, -0.05) is 19.1 Å². The van der Waals surface area contributed by atoms with E-state index in [4.69, 9.17) is 4.42 Å². The molecule has 5 nitrogen and oxygen atoms in total. The third-order valence-electron chi connectivity index (χ3n) is 3.42. The van der Waals surface area contributed by atoms with Crippen molar-refractivity contribution in [1.29, 1.82) is 0 Å². The fraction of sp³-hybridized carbons (Fsp3) is 0.143. The van der Waals surface area contributed by atoms with Crippen LogP contribution in [0.3, 0.4) is 0 Å². The summed E-state index contributed by atoms with van der Waals surface area (Å²) in [5.41, 5.74) is 2.83. The van der Waals surface area contributed by atoms with E-state index in [1.165, 1.54) is 0 Å². The number of aryl methyl sites for hydroxylation is 1. The molecule has 5 heteroatoms. The zero-order valence-electron chi connectivity index (χ0n) is 10.3. The average Bonchev–Trinajstić information content (AvgIpc) is 2.96. The Labute approximate surface area is 107 Å². The zero-order valence-corrected chi connectivity index (χ0v) is 10.3. The Morgan fingerprint density at radius 1 is 1.32 bits per heavy atom. The van der Waals surface area contributed by atoms with Crippen molar-refractivity contribution in [2.24, 2.45) is 0 Å². The van der Waals surface area contributed by atoms with Crippen LogP contribution in [0.25, 0.3) is 27.6 Å². The summed E-state index contributed by atoms with van der Waals surface area (Å²) in [5, 5.41) is 7.64. The third-order valence-corrected chi connectivity index (χ3v) is 3.42. The summed E-state index contributed by atoms with van der Waals surface area (Å²) < 4.78 is 7.68. The van der Waals surface area contributed by atoms with Gasteiger partial charge in [0.15, 0.2) is 5.58 Å². The number of furan rings is 1. The molecule has 0 fully saturated rings. The highest BCUT2D eigenvalue weighted by atomic mass is 16.3. The number of hydrogen-bond donors (Lipinski definition) is 1. The van der Waals surface area contributed by atoms with Crippen molar-refractivity contribution in [3.05, 3.63) is 46.5 Å². The number of H-pyrrole nitrogens is 1. The molecule has 1 N–H and O–H groups in total. The number of hydrogen-bond acceptors (Lipinski definition) is 3. The molecule has 1 aromatic carbocycles. The lowest BCUT2D eigenvalue weighted by Gasteiger charge is -2.01. The van der Waals surface area contributed by atoms with Crippen molar-refractivity contribution >= 4 is 27.6 Å². The lowest BCUT2D eigenvalue weighted by atomic mass is 10.2. The molecule has 4 rings (SSSR count). The fourth-order valence-electron chi connectivity index (χ4n) is 2.58. The van der Waals surface area contributed by atoms with Gasteiger partial charge in [0.2, 0.25) is 0 Å². The molecule has 0 saturated heterocycles. The first-order valence-corrected chi connectivity index (χ1v) is 6.20. The van der Waals surface area contributed by atoms with Crippen LogP contribution >= 0.6 is 0 Å². The third kappa shape index (κ3) is 1.24. The molecule has 0 aliphatic carbocycles. The van der Waals surface area contributed by atoms with Crippen molar-refractivity contribution in [3.63, 3.8) is 0 Å². The van der Waals surface area contributed by atoms with Gasteiger partial charge < -0.3 is 4.42 Å². The van der Waals surface area contributed by atoms with Gasteiger partial charge >= 0.3 is 0 Å². The maximum atomic E-state index is 11.9. The minimum atomic E-state index is -0.201. The topological polar surface area (TPSA) is 63.3 Å². The van der Waals surface area contributed by atoms with Gasteiger partial charge in [0, 0.05) is 17.9 Å². The number of fused-ring (bicyclic) bond motifs is 5. The number of nitrogens with one attached hydrogen (secondary N) is 1. The molecule has 0 saturated carbocycles. The molecule has 0 atom stereocenters. The summed E-state index contributed by atoms with van der Waals surface area (Å²) in [4.78, 5) is 11.9. The van der Waals surface area contributed by atoms with E-state index in [0.717, 1.165) is 34.3 Å². The number of para-hydroxylation sites is 1. The minimum absolute atomic E-state index is 0.201. The molecule has 0 spiro atoms. The average molecular weight is 253 g/mol. The highest BCUT2D eigenvalue weighted by Crippen LogP contribution is 2.30. The second kappa shape index (κ2) is 3.47. The van der Waals surface area contributed by atoms with Crippen molar-refractivity contribution in [2.45, 2.75) is 13.3 Å². The number of aromatic nitrogens is 3. The Kier molecular flexibility index (Phi) is 1.90. The molecule has 19 heavy (non-hydrogen) atoms. The van der Waals surface area contributed by atoms with E-state index in [2.05, 4.69) is 10.2 Å². The summed E-state index contributed by atoms with van der Waals surface area (Å²) in [6.07, 6.45) is 0.733. The van der Waals surface area contributed by atoms with Gasteiger partial charge in [-0.25, -0.2) is 5.10 Å². The first kappa shape index (κ1) is 10.4. The second-order valence-electron chi connectivity index (χ2n) is 4.50. The Hall–Kier alpha value is -2.56. The Balaban J connectivity index is 2.37. The molecule has 3 aromatic heterocycles. The first-order chi connectivity index (χ1) is 9.29. The summed E-state index contributed by atoms with van der Waals surface area (Å²) in [6, 6.07) is 9.59. The molecule has 0 radical (unpaired) electrons. The number of benzene rings is 1. The second-order valence-corrected chi connectivity index (χ2v) is 4.50. The van der Waals surface area contributed by atoms with Crippen LogP contribution in [-0.2, 0) is 6.42 Å². The van der Waals surface area contributed by atoms with Gasteiger partial charge in [0.05, 0.1) is 0 Å². The van der Waals surface area contributed by atoms with Crippen molar-refractivity contribution in [3.8, 4) is 0 Å².